The van der Waals surface area contributed by atoms with Crippen LogP contribution in [0.2, 0.25) is 5.02 Å². The number of halogens is 2. The summed E-state index contributed by atoms with van der Waals surface area (Å²) in [6.07, 6.45) is 2.27. The third kappa shape index (κ3) is 5.03. The molecule has 1 aromatic heterocycles. The molecule has 0 unspecified atom stereocenters. The van der Waals surface area contributed by atoms with E-state index in [1.54, 1.807) is 30.3 Å². The van der Waals surface area contributed by atoms with Crippen LogP contribution in [0.3, 0.4) is 0 Å². The highest BCUT2D eigenvalue weighted by molar-refractivity contribution is 6.30. The lowest BCUT2D eigenvalue weighted by Gasteiger charge is -2.17. The second-order valence-electron chi connectivity index (χ2n) is 6.79. The molecule has 3 aromatic rings. The van der Waals surface area contributed by atoms with E-state index in [1.807, 2.05) is 0 Å². The fraction of sp³-hybridized carbons (Fsp3) is 0.143. The standard InChI is InChI=1S/C21H20ClFN6O3/c22-14-6-3-4-12(18(14)23)10-26-19(30)15(8-9-24)27-21(32)28-16-11-29(20(25)31)17-7-2-1-5-13(16)17/h1-7,9,11,15,24H,8,10H2,(H2,25,31)(H,26,30)(H2,27,28,32)/t15-/m1/s1. The Morgan fingerprint density at radius 3 is 2.66 bits per heavy atom. The molecule has 3 rings (SSSR count). The van der Waals surface area contributed by atoms with Crippen LogP contribution in [0.1, 0.15) is 12.0 Å². The van der Waals surface area contributed by atoms with Gasteiger partial charge in [0.15, 0.2) is 0 Å². The van der Waals surface area contributed by atoms with Gasteiger partial charge in [0.2, 0.25) is 5.91 Å². The van der Waals surface area contributed by atoms with Gasteiger partial charge in [0.25, 0.3) is 0 Å². The first-order chi connectivity index (χ1) is 15.3. The lowest BCUT2D eigenvalue weighted by atomic mass is 10.1. The number of nitrogens with zero attached hydrogens (tertiary/aromatic N) is 1. The van der Waals surface area contributed by atoms with Crippen molar-refractivity contribution in [3.8, 4) is 0 Å². The minimum Gasteiger partial charge on any atom is -0.351 e. The lowest BCUT2D eigenvalue weighted by molar-refractivity contribution is -0.122. The zero-order valence-corrected chi connectivity index (χ0v) is 17.4. The number of fused-ring (bicyclic) bond motifs is 1. The van der Waals surface area contributed by atoms with E-state index in [4.69, 9.17) is 22.7 Å². The van der Waals surface area contributed by atoms with Crippen molar-refractivity contribution >= 4 is 52.4 Å². The number of primary amides is 1. The molecule has 6 N–H and O–H groups in total. The molecule has 0 bridgehead atoms. The fourth-order valence-corrected chi connectivity index (χ4v) is 3.31. The Balaban J connectivity index is 1.69. The third-order valence-electron chi connectivity index (χ3n) is 4.66. The van der Waals surface area contributed by atoms with Gasteiger partial charge in [-0.2, -0.15) is 0 Å². The minimum atomic E-state index is -1.08. The topological polar surface area (TPSA) is 142 Å². The lowest BCUT2D eigenvalue weighted by Crippen LogP contribution is -2.48. The largest absolute Gasteiger partial charge is 0.351 e. The molecule has 0 saturated heterocycles. The highest BCUT2D eigenvalue weighted by Crippen LogP contribution is 2.25. The molecule has 1 heterocycles. The molecule has 0 saturated carbocycles. The predicted molar refractivity (Wildman–Crippen MR) is 120 cm³/mol. The number of amides is 4. The summed E-state index contributed by atoms with van der Waals surface area (Å²) in [6, 6.07) is 8.71. The summed E-state index contributed by atoms with van der Waals surface area (Å²) < 4.78 is 15.2. The van der Waals surface area contributed by atoms with Gasteiger partial charge < -0.3 is 27.1 Å². The summed E-state index contributed by atoms with van der Waals surface area (Å²) in [6.45, 7) is -0.144. The Bertz CT molecular complexity index is 1200. The number of para-hydroxylation sites is 1. The number of benzene rings is 2. The monoisotopic (exact) mass is 458 g/mol. The molecule has 0 aliphatic heterocycles. The Labute approximate surface area is 187 Å². The van der Waals surface area contributed by atoms with E-state index >= 15 is 0 Å². The molecule has 4 amide bonds. The highest BCUT2D eigenvalue weighted by Gasteiger charge is 2.21. The van der Waals surface area contributed by atoms with Crippen molar-refractivity contribution in [2.45, 2.75) is 19.0 Å². The van der Waals surface area contributed by atoms with Crippen molar-refractivity contribution in [1.82, 2.24) is 15.2 Å². The SMILES string of the molecule is N=CC[C@@H](NC(=O)Nc1cn(C(N)=O)c2ccccc12)C(=O)NCc1cccc(Cl)c1F. The number of anilines is 1. The van der Waals surface area contributed by atoms with Gasteiger partial charge in [-0.05, 0) is 18.3 Å². The van der Waals surface area contributed by atoms with Crippen LogP contribution >= 0.6 is 11.6 Å². The average molecular weight is 459 g/mol. The van der Waals surface area contributed by atoms with Crippen molar-refractivity contribution in [1.29, 1.82) is 5.41 Å². The van der Waals surface area contributed by atoms with Crippen LogP contribution in [0.5, 0.6) is 0 Å². The van der Waals surface area contributed by atoms with E-state index < -0.39 is 29.8 Å². The van der Waals surface area contributed by atoms with E-state index in [0.29, 0.717) is 16.6 Å². The Morgan fingerprint density at radius 1 is 1.19 bits per heavy atom. The molecule has 9 nitrogen and oxygen atoms in total. The molecule has 166 valence electrons. The number of hydrogen-bond acceptors (Lipinski definition) is 4. The molecule has 1 atom stereocenters. The van der Waals surface area contributed by atoms with E-state index in [0.717, 1.165) is 6.21 Å². The quantitative estimate of drug-likeness (QED) is 0.347. The Kier molecular flexibility index (Phi) is 7.06. The van der Waals surface area contributed by atoms with Crippen molar-refractivity contribution in [3.05, 3.63) is 65.1 Å². The summed E-state index contributed by atoms with van der Waals surface area (Å²) in [4.78, 5) is 36.7. The van der Waals surface area contributed by atoms with Gasteiger partial charge in [-0.1, -0.05) is 41.9 Å². The fourth-order valence-electron chi connectivity index (χ4n) is 3.12. The summed E-state index contributed by atoms with van der Waals surface area (Å²) in [7, 11) is 0. The molecule has 2 aromatic carbocycles. The highest BCUT2D eigenvalue weighted by atomic mass is 35.5. The summed E-state index contributed by atoms with van der Waals surface area (Å²) in [5, 5.41) is 15.4. The first-order valence-corrected chi connectivity index (χ1v) is 9.86. The van der Waals surface area contributed by atoms with Gasteiger partial charge in [0.1, 0.15) is 11.9 Å². The van der Waals surface area contributed by atoms with Gasteiger partial charge in [-0.25, -0.2) is 14.0 Å². The molecule has 11 heteroatoms. The van der Waals surface area contributed by atoms with Gasteiger partial charge in [-0.15, -0.1) is 0 Å². The van der Waals surface area contributed by atoms with Crippen molar-refractivity contribution in [2.75, 3.05) is 5.32 Å². The summed E-state index contributed by atoms with van der Waals surface area (Å²) in [5.41, 5.74) is 6.37. The summed E-state index contributed by atoms with van der Waals surface area (Å²) in [5.74, 6) is -1.25. The molecule has 0 fully saturated rings. The van der Waals surface area contributed by atoms with Gasteiger partial charge >= 0.3 is 12.1 Å². The number of nitrogens with one attached hydrogen (secondary N) is 4. The molecule has 0 aliphatic rings. The molecule has 0 aliphatic carbocycles. The molecule has 0 spiro atoms. The smallest absolute Gasteiger partial charge is 0.323 e. The van der Waals surface area contributed by atoms with E-state index in [2.05, 4.69) is 16.0 Å². The third-order valence-corrected chi connectivity index (χ3v) is 4.95. The number of nitrogens with two attached hydrogens (primary N) is 1. The van der Waals surface area contributed by atoms with Crippen LogP contribution in [0, 0.1) is 11.2 Å². The van der Waals surface area contributed by atoms with Crippen molar-refractivity contribution < 1.29 is 18.8 Å². The predicted octanol–water partition coefficient (Wildman–Crippen LogP) is 3.21. The normalized spacial score (nSPS) is 11.6. The van der Waals surface area contributed by atoms with Crippen molar-refractivity contribution in [3.63, 3.8) is 0 Å². The van der Waals surface area contributed by atoms with Gasteiger partial charge in [-0.3, -0.25) is 9.36 Å². The maximum atomic E-state index is 14.0. The summed E-state index contributed by atoms with van der Waals surface area (Å²) >= 11 is 5.74. The maximum absolute atomic E-state index is 14.0. The molecular weight excluding hydrogens is 439 g/mol. The first kappa shape index (κ1) is 22.8. The molecular formula is C21H20ClFN6O3. The van der Waals surface area contributed by atoms with Crippen molar-refractivity contribution in [2.24, 2.45) is 5.73 Å². The average Bonchev–Trinajstić information content (AvgIpc) is 3.13. The van der Waals surface area contributed by atoms with Crippen LogP contribution < -0.4 is 21.7 Å². The number of aromatic nitrogens is 1. The van der Waals surface area contributed by atoms with Gasteiger partial charge in [0.05, 0.1) is 16.2 Å². The zero-order chi connectivity index (χ0) is 23.3. The maximum Gasteiger partial charge on any atom is 0.323 e. The number of hydrogen-bond donors (Lipinski definition) is 5. The van der Waals surface area contributed by atoms with Crippen LogP contribution in [0.25, 0.3) is 10.9 Å². The first-order valence-electron chi connectivity index (χ1n) is 9.48. The zero-order valence-electron chi connectivity index (χ0n) is 16.7. The minimum absolute atomic E-state index is 0.0691. The number of rotatable bonds is 7. The Morgan fingerprint density at radius 2 is 1.94 bits per heavy atom. The number of carbonyl (C=O) groups is 3. The van der Waals surface area contributed by atoms with Crippen LogP contribution in [0.15, 0.2) is 48.7 Å². The number of carbonyl (C=O) groups excluding carboxylic acids is 3. The Hall–Kier alpha value is -3.92. The number of urea groups is 1. The molecule has 32 heavy (non-hydrogen) atoms. The molecule has 0 radical (unpaired) electrons. The van der Waals surface area contributed by atoms with E-state index in [9.17, 15) is 18.8 Å². The van der Waals surface area contributed by atoms with Crippen LogP contribution in [-0.2, 0) is 11.3 Å². The van der Waals surface area contributed by atoms with Gasteiger partial charge in [0, 0.05) is 30.1 Å². The van der Waals surface area contributed by atoms with E-state index in [-0.39, 0.29) is 23.6 Å². The van der Waals surface area contributed by atoms with E-state index in [1.165, 1.54) is 22.9 Å². The second kappa shape index (κ2) is 9.92. The van der Waals surface area contributed by atoms with Crippen LogP contribution in [-0.4, -0.2) is 34.8 Å². The second-order valence-corrected chi connectivity index (χ2v) is 7.20. The van der Waals surface area contributed by atoms with Crippen LogP contribution in [0.4, 0.5) is 19.7 Å².